The van der Waals surface area contributed by atoms with Crippen molar-refractivity contribution in [3.63, 3.8) is 0 Å². The predicted octanol–water partition coefficient (Wildman–Crippen LogP) is 3.06. The molecule has 2 saturated carbocycles. The maximum atomic E-state index is 12.7. The van der Waals surface area contributed by atoms with Crippen LogP contribution in [-0.4, -0.2) is 38.8 Å². The van der Waals surface area contributed by atoms with E-state index in [4.69, 9.17) is 11.6 Å². The number of carbonyl (C=O) groups is 3. The SMILES string of the molecule is O=C(CN1C(=O)[C@@H]2[C@H]3C[C@@H]([C@H](Br)[C@H]3Br)[C@@H]2C1=O)Nc1cccc(Cl)c1. The van der Waals surface area contributed by atoms with E-state index in [1.807, 2.05) is 0 Å². The molecule has 1 aromatic carbocycles. The second-order valence-corrected chi connectivity index (χ2v) is 9.38. The van der Waals surface area contributed by atoms with Gasteiger partial charge in [-0.1, -0.05) is 49.5 Å². The lowest BCUT2D eigenvalue weighted by molar-refractivity contribution is -0.143. The van der Waals surface area contributed by atoms with Gasteiger partial charge in [0.05, 0.1) is 11.8 Å². The van der Waals surface area contributed by atoms with E-state index in [9.17, 15) is 14.4 Å². The maximum Gasteiger partial charge on any atom is 0.244 e. The molecule has 25 heavy (non-hydrogen) atoms. The van der Waals surface area contributed by atoms with Crippen molar-refractivity contribution in [1.82, 2.24) is 4.90 Å². The highest BCUT2D eigenvalue weighted by Gasteiger charge is 2.66. The second kappa shape index (κ2) is 6.35. The standard InChI is InChI=1S/C17H15Br2ClN2O3/c18-14-9-5-10(15(14)19)13-12(9)16(24)22(17(13)25)6-11(23)21-8-3-1-2-7(20)4-8/h1-4,9-10,12-15H,5-6H2,(H,21,23)/t9-,10-,12-,13+,14+,15+/m1/s1. The van der Waals surface area contributed by atoms with Gasteiger partial charge in [0.1, 0.15) is 6.54 Å². The molecule has 0 aromatic heterocycles. The summed E-state index contributed by atoms with van der Waals surface area (Å²) in [5, 5.41) is 3.19. The Balaban J connectivity index is 1.48. The van der Waals surface area contributed by atoms with Crippen LogP contribution in [0.3, 0.4) is 0 Å². The minimum atomic E-state index is -0.401. The van der Waals surface area contributed by atoms with E-state index >= 15 is 0 Å². The molecule has 1 N–H and O–H groups in total. The maximum absolute atomic E-state index is 12.7. The molecule has 5 nitrogen and oxygen atoms in total. The number of rotatable bonds is 3. The lowest BCUT2D eigenvalue weighted by Crippen LogP contribution is -2.39. The van der Waals surface area contributed by atoms with Gasteiger partial charge in [0.15, 0.2) is 0 Å². The average molecular weight is 491 g/mol. The summed E-state index contributed by atoms with van der Waals surface area (Å²) < 4.78 is 0. The Bertz CT molecular complexity index is 742. The number of amides is 3. The van der Waals surface area contributed by atoms with E-state index in [0.717, 1.165) is 11.3 Å². The Morgan fingerprint density at radius 3 is 2.32 bits per heavy atom. The van der Waals surface area contributed by atoms with Gasteiger partial charge in [0.2, 0.25) is 17.7 Å². The van der Waals surface area contributed by atoms with Crippen LogP contribution < -0.4 is 5.32 Å². The Labute approximate surface area is 166 Å². The van der Waals surface area contributed by atoms with Crippen molar-refractivity contribution < 1.29 is 14.4 Å². The molecule has 132 valence electrons. The molecule has 1 aliphatic heterocycles. The first-order chi connectivity index (χ1) is 11.9. The number of fused-ring (bicyclic) bond motifs is 5. The molecule has 2 bridgehead atoms. The van der Waals surface area contributed by atoms with Crippen molar-refractivity contribution in [2.45, 2.75) is 16.1 Å². The summed E-state index contributed by atoms with van der Waals surface area (Å²) in [5.41, 5.74) is 0.540. The molecule has 0 unspecified atom stereocenters. The number of hydrogen-bond acceptors (Lipinski definition) is 3. The second-order valence-electron chi connectivity index (χ2n) is 6.82. The average Bonchev–Trinajstić information content (AvgIpc) is 3.15. The zero-order chi connectivity index (χ0) is 17.9. The summed E-state index contributed by atoms with van der Waals surface area (Å²) in [4.78, 5) is 39.3. The molecule has 3 amide bonds. The Morgan fingerprint density at radius 2 is 1.76 bits per heavy atom. The molecule has 4 rings (SSSR count). The zero-order valence-electron chi connectivity index (χ0n) is 13.0. The normalized spacial score (nSPS) is 36.0. The summed E-state index contributed by atoms with van der Waals surface area (Å²) in [7, 11) is 0. The fourth-order valence-corrected chi connectivity index (χ4v) is 6.54. The molecular weight excluding hydrogens is 475 g/mol. The quantitative estimate of drug-likeness (QED) is 0.523. The number of halogens is 3. The molecule has 0 spiro atoms. The number of anilines is 1. The Morgan fingerprint density at radius 1 is 1.16 bits per heavy atom. The van der Waals surface area contributed by atoms with Gasteiger partial charge >= 0.3 is 0 Å². The monoisotopic (exact) mass is 488 g/mol. The lowest BCUT2D eigenvalue weighted by atomic mass is 9.81. The van der Waals surface area contributed by atoms with Gasteiger partial charge in [-0.15, -0.1) is 0 Å². The summed E-state index contributed by atoms with van der Waals surface area (Å²) in [6, 6.07) is 6.75. The van der Waals surface area contributed by atoms with Crippen LogP contribution in [0.15, 0.2) is 24.3 Å². The van der Waals surface area contributed by atoms with E-state index in [0.29, 0.717) is 10.7 Å². The Hall–Kier alpha value is -0.920. The van der Waals surface area contributed by atoms with Crippen molar-refractivity contribution in [1.29, 1.82) is 0 Å². The smallest absolute Gasteiger partial charge is 0.244 e. The molecule has 8 heteroatoms. The first-order valence-corrected chi connectivity index (χ1v) is 10.3. The third-order valence-corrected chi connectivity index (χ3v) is 8.93. The number of nitrogens with one attached hydrogen (secondary N) is 1. The van der Waals surface area contributed by atoms with Gasteiger partial charge in [0, 0.05) is 20.4 Å². The number of carbonyl (C=O) groups excluding carboxylic acids is 3. The fourth-order valence-electron chi connectivity index (χ4n) is 4.48. The van der Waals surface area contributed by atoms with Gasteiger partial charge < -0.3 is 5.32 Å². The predicted molar refractivity (Wildman–Crippen MR) is 101 cm³/mol. The van der Waals surface area contributed by atoms with Crippen LogP contribution in [-0.2, 0) is 14.4 Å². The third-order valence-electron chi connectivity index (χ3n) is 5.49. The van der Waals surface area contributed by atoms with Crippen LogP contribution in [0.5, 0.6) is 0 Å². The highest BCUT2D eigenvalue weighted by molar-refractivity contribution is 9.12. The fraction of sp³-hybridized carbons (Fsp3) is 0.471. The molecule has 1 saturated heterocycles. The van der Waals surface area contributed by atoms with Gasteiger partial charge in [-0.05, 0) is 36.5 Å². The molecule has 3 fully saturated rings. The zero-order valence-corrected chi connectivity index (χ0v) is 16.9. The highest BCUT2D eigenvalue weighted by Crippen LogP contribution is 2.60. The number of imide groups is 1. The molecule has 6 atom stereocenters. The number of likely N-dealkylation sites (tertiary alicyclic amines) is 1. The van der Waals surface area contributed by atoms with Crippen LogP contribution >= 0.6 is 43.5 Å². The van der Waals surface area contributed by atoms with E-state index in [1.165, 1.54) is 0 Å². The van der Waals surface area contributed by atoms with E-state index in [-0.39, 0.29) is 51.7 Å². The van der Waals surface area contributed by atoms with Crippen LogP contribution in [0, 0.1) is 23.7 Å². The molecular formula is C17H15Br2ClN2O3. The first-order valence-electron chi connectivity index (χ1n) is 8.07. The number of nitrogens with zero attached hydrogens (tertiary/aromatic N) is 1. The van der Waals surface area contributed by atoms with E-state index in [1.54, 1.807) is 24.3 Å². The molecule has 1 heterocycles. The summed E-state index contributed by atoms with van der Waals surface area (Å²) >= 11 is 13.2. The van der Waals surface area contributed by atoms with Gasteiger partial charge in [-0.2, -0.15) is 0 Å². The minimum absolute atomic E-state index is 0.150. The van der Waals surface area contributed by atoms with Crippen molar-refractivity contribution in [2.24, 2.45) is 23.7 Å². The first kappa shape index (κ1) is 17.5. The van der Waals surface area contributed by atoms with Crippen LogP contribution in [0.25, 0.3) is 0 Å². The number of alkyl halides is 2. The number of benzene rings is 1. The molecule has 2 aliphatic carbocycles. The molecule has 1 aromatic rings. The topological polar surface area (TPSA) is 66.5 Å². The van der Waals surface area contributed by atoms with Crippen molar-refractivity contribution in [3.8, 4) is 0 Å². The minimum Gasteiger partial charge on any atom is -0.324 e. The van der Waals surface area contributed by atoms with Crippen LogP contribution in [0.2, 0.25) is 5.02 Å². The largest absolute Gasteiger partial charge is 0.324 e. The highest BCUT2D eigenvalue weighted by atomic mass is 79.9. The van der Waals surface area contributed by atoms with Crippen LogP contribution in [0.1, 0.15) is 6.42 Å². The lowest BCUT2D eigenvalue weighted by Gasteiger charge is -2.28. The Kier molecular flexibility index (Phi) is 4.45. The van der Waals surface area contributed by atoms with Crippen LogP contribution in [0.4, 0.5) is 5.69 Å². The van der Waals surface area contributed by atoms with E-state index in [2.05, 4.69) is 37.2 Å². The summed E-state index contributed by atoms with van der Waals surface area (Å²) in [6.07, 6.45) is 0.876. The van der Waals surface area contributed by atoms with Gasteiger partial charge in [-0.3, -0.25) is 19.3 Å². The van der Waals surface area contributed by atoms with E-state index < -0.39 is 5.91 Å². The molecule has 0 radical (unpaired) electrons. The molecule has 3 aliphatic rings. The third kappa shape index (κ3) is 2.75. The summed E-state index contributed by atoms with van der Waals surface area (Å²) in [5.74, 6) is -1.12. The van der Waals surface area contributed by atoms with Gasteiger partial charge in [0.25, 0.3) is 0 Å². The van der Waals surface area contributed by atoms with Gasteiger partial charge in [-0.25, -0.2) is 0 Å². The summed E-state index contributed by atoms with van der Waals surface area (Å²) in [6.45, 7) is -0.253. The van der Waals surface area contributed by atoms with Crippen molar-refractivity contribution in [3.05, 3.63) is 29.3 Å². The van der Waals surface area contributed by atoms with Crippen molar-refractivity contribution >= 4 is 66.9 Å². The van der Waals surface area contributed by atoms with Crippen molar-refractivity contribution in [2.75, 3.05) is 11.9 Å². The number of hydrogen-bond donors (Lipinski definition) is 1.